The first kappa shape index (κ1) is 23.6. The zero-order valence-electron chi connectivity index (χ0n) is 17.1. The zero-order chi connectivity index (χ0) is 23.5. The van der Waals surface area contributed by atoms with E-state index >= 15 is 0 Å². The van der Waals surface area contributed by atoms with Gasteiger partial charge in [0.2, 0.25) is 0 Å². The molecule has 1 heterocycles. The van der Waals surface area contributed by atoms with Gasteiger partial charge >= 0.3 is 12.0 Å². The molecule has 32 heavy (non-hydrogen) atoms. The molecule has 8 nitrogen and oxygen atoms in total. The molecule has 1 aliphatic heterocycles. The van der Waals surface area contributed by atoms with Crippen molar-refractivity contribution in [2.24, 2.45) is 0 Å². The zero-order valence-corrected chi connectivity index (χ0v) is 18.7. The number of benzene rings is 2. The number of carbonyl (C=O) groups excluding carboxylic acids is 2. The molecule has 0 unspecified atom stereocenters. The summed E-state index contributed by atoms with van der Waals surface area (Å²) in [6.45, 7) is 1.64. The summed E-state index contributed by atoms with van der Waals surface area (Å²) in [7, 11) is -2.64. The molecule has 3 rings (SSSR count). The van der Waals surface area contributed by atoms with Gasteiger partial charge in [0.25, 0.3) is 0 Å². The van der Waals surface area contributed by atoms with E-state index in [4.69, 9.17) is 21.1 Å². The van der Waals surface area contributed by atoms with E-state index in [1.807, 2.05) is 0 Å². The van der Waals surface area contributed by atoms with Gasteiger partial charge in [0.15, 0.2) is 9.84 Å². The lowest BCUT2D eigenvalue weighted by atomic mass is 9.95. The number of amides is 2. The van der Waals surface area contributed by atoms with Crippen molar-refractivity contribution in [1.29, 1.82) is 0 Å². The standard InChI is InChI=1S/C21H20ClFN2O6S/c1-3-31-20(26)18-17(11-32(28,29)14-7-8-16(23)15(22)10-14)24-21(27)25-19(18)12-5-4-6-13(9-12)30-2/h4-10,19H,3,11H2,1-2H3,(H2,24,25,27)/t19-/m0/s1. The Hall–Kier alpha value is -3.11. The van der Waals surface area contributed by atoms with Gasteiger partial charge in [0.05, 0.1) is 41.0 Å². The molecule has 0 fully saturated rings. The van der Waals surface area contributed by atoms with E-state index in [-0.39, 0.29) is 27.8 Å². The van der Waals surface area contributed by atoms with Crippen molar-refractivity contribution in [3.8, 4) is 5.75 Å². The number of hydrogen-bond donors (Lipinski definition) is 2. The van der Waals surface area contributed by atoms with Gasteiger partial charge in [-0.2, -0.15) is 0 Å². The molecule has 0 aromatic heterocycles. The smallest absolute Gasteiger partial charge is 0.338 e. The largest absolute Gasteiger partial charge is 0.497 e. The van der Waals surface area contributed by atoms with Crippen LogP contribution in [0.25, 0.3) is 0 Å². The third-order valence-corrected chi connectivity index (χ3v) is 6.59. The van der Waals surface area contributed by atoms with Crippen molar-refractivity contribution in [3.05, 3.63) is 70.1 Å². The molecule has 0 saturated heterocycles. The van der Waals surface area contributed by atoms with E-state index in [2.05, 4.69) is 10.6 Å². The average Bonchev–Trinajstić information content (AvgIpc) is 2.75. The lowest BCUT2D eigenvalue weighted by molar-refractivity contribution is -0.139. The third kappa shape index (κ3) is 5.03. The van der Waals surface area contributed by atoms with Crippen molar-refractivity contribution in [3.63, 3.8) is 0 Å². The Labute approximate surface area is 189 Å². The minimum Gasteiger partial charge on any atom is -0.497 e. The van der Waals surface area contributed by atoms with Gasteiger partial charge in [-0.05, 0) is 42.8 Å². The van der Waals surface area contributed by atoms with Gasteiger partial charge in [-0.15, -0.1) is 0 Å². The van der Waals surface area contributed by atoms with E-state index in [1.54, 1.807) is 31.2 Å². The lowest BCUT2D eigenvalue weighted by Gasteiger charge is -2.29. The van der Waals surface area contributed by atoms with Crippen molar-refractivity contribution in [1.82, 2.24) is 10.6 Å². The molecule has 170 valence electrons. The minimum absolute atomic E-state index is 0.0364. The van der Waals surface area contributed by atoms with E-state index in [0.29, 0.717) is 11.3 Å². The van der Waals surface area contributed by atoms with Crippen LogP contribution in [0.5, 0.6) is 5.75 Å². The number of esters is 1. The Balaban J connectivity index is 2.11. The number of sulfone groups is 1. The van der Waals surface area contributed by atoms with Gasteiger partial charge in [-0.3, -0.25) is 0 Å². The fraction of sp³-hybridized carbons (Fsp3) is 0.238. The molecule has 2 amide bonds. The van der Waals surface area contributed by atoms with E-state index in [9.17, 15) is 22.4 Å². The van der Waals surface area contributed by atoms with E-state index in [0.717, 1.165) is 18.2 Å². The Morgan fingerprint density at radius 2 is 1.97 bits per heavy atom. The molecule has 2 aromatic rings. The quantitative estimate of drug-likeness (QED) is 0.463. The number of ether oxygens (including phenoxy) is 2. The number of nitrogens with one attached hydrogen (secondary N) is 2. The number of halogens is 2. The molecule has 0 saturated carbocycles. The van der Waals surface area contributed by atoms with Crippen LogP contribution in [0.2, 0.25) is 5.02 Å². The second-order valence-corrected chi connectivity index (χ2v) is 9.15. The van der Waals surface area contributed by atoms with Gasteiger partial charge < -0.3 is 20.1 Å². The summed E-state index contributed by atoms with van der Waals surface area (Å²) in [5, 5.41) is 4.65. The van der Waals surface area contributed by atoms with Crippen LogP contribution in [0, 0.1) is 5.82 Å². The highest BCUT2D eigenvalue weighted by atomic mass is 35.5. The summed E-state index contributed by atoms with van der Waals surface area (Å²) in [5.74, 6) is -1.83. The normalized spacial score (nSPS) is 16.2. The molecule has 1 aliphatic rings. The van der Waals surface area contributed by atoms with Crippen molar-refractivity contribution < 1.29 is 31.9 Å². The lowest BCUT2D eigenvalue weighted by Crippen LogP contribution is -2.47. The van der Waals surface area contributed by atoms with Crippen LogP contribution in [0.4, 0.5) is 9.18 Å². The second-order valence-electron chi connectivity index (χ2n) is 6.76. The fourth-order valence-electron chi connectivity index (χ4n) is 3.20. The molecular weight excluding hydrogens is 463 g/mol. The van der Waals surface area contributed by atoms with Crippen molar-refractivity contribution in [2.45, 2.75) is 17.9 Å². The van der Waals surface area contributed by atoms with Crippen LogP contribution in [0.3, 0.4) is 0 Å². The van der Waals surface area contributed by atoms with Crippen LogP contribution < -0.4 is 15.4 Å². The average molecular weight is 483 g/mol. The maximum absolute atomic E-state index is 13.5. The molecular formula is C21H20ClFN2O6S. The minimum atomic E-state index is -4.11. The molecule has 0 radical (unpaired) electrons. The highest BCUT2D eigenvalue weighted by molar-refractivity contribution is 7.91. The van der Waals surface area contributed by atoms with Crippen LogP contribution in [-0.2, 0) is 19.4 Å². The molecule has 0 bridgehead atoms. The predicted octanol–water partition coefficient (Wildman–Crippen LogP) is 3.13. The number of hydrogen-bond acceptors (Lipinski definition) is 6. The highest BCUT2D eigenvalue weighted by Gasteiger charge is 2.36. The maximum Gasteiger partial charge on any atom is 0.338 e. The maximum atomic E-state index is 13.5. The Morgan fingerprint density at radius 3 is 2.62 bits per heavy atom. The molecule has 2 aromatic carbocycles. The van der Waals surface area contributed by atoms with Crippen LogP contribution >= 0.6 is 11.6 Å². The first-order valence-corrected chi connectivity index (χ1v) is 11.5. The van der Waals surface area contributed by atoms with Crippen LogP contribution in [0.15, 0.2) is 58.6 Å². The second kappa shape index (κ2) is 9.58. The predicted molar refractivity (Wildman–Crippen MR) is 115 cm³/mol. The summed E-state index contributed by atoms with van der Waals surface area (Å²) in [6, 6.07) is 7.89. The Morgan fingerprint density at radius 1 is 1.22 bits per heavy atom. The van der Waals surface area contributed by atoms with Gasteiger partial charge in [0, 0.05) is 5.70 Å². The summed E-state index contributed by atoms with van der Waals surface area (Å²) in [6.07, 6.45) is 0. The first-order valence-electron chi connectivity index (χ1n) is 9.45. The summed E-state index contributed by atoms with van der Waals surface area (Å²) < 4.78 is 49.8. The molecule has 0 aliphatic carbocycles. The summed E-state index contributed by atoms with van der Waals surface area (Å²) in [4.78, 5) is 24.9. The molecule has 2 N–H and O–H groups in total. The summed E-state index contributed by atoms with van der Waals surface area (Å²) in [5.41, 5.74) is 0.263. The Kier molecular flexibility index (Phi) is 7.05. The van der Waals surface area contributed by atoms with Crippen molar-refractivity contribution >= 4 is 33.4 Å². The number of urea groups is 1. The third-order valence-electron chi connectivity index (χ3n) is 4.66. The van der Waals surface area contributed by atoms with Gasteiger partial charge in [0.1, 0.15) is 11.6 Å². The Bertz CT molecular complexity index is 1200. The van der Waals surface area contributed by atoms with Gasteiger partial charge in [-0.1, -0.05) is 23.7 Å². The molecule has 1 atom stereocenters. The first-order chi connectivity index (χ1) is 15.2. The summed E-state index contributed by atoms with van der Waals surface area (Å²) >= 11 is 5.72. The number of methoxy groups -OCH3 is 1. The molecule has 11 heteroatoms. The van der Waals surface area contributed by atoms with E-state index < -0.39 is 39.4 Å². The van der Waals surface area contributed by atoms with Crippen molar-refractivity contribution in [2.75, 3.05) is 19.5 Å². The number of carbonyl (C=O) groups is 2. The fourth-order valence-corrected chi connectivity index (χ4v) is 4.79. The monoisotopic (exact) mass is 482 g/mol. The van der Waals surface area contributed by atoms with Crippen LogP contribution in [-0.4, -0.2) is 39.9 Å². The topological polar surface area (TPSA) is 111 Å². The SMILES string of the molecule is CCOC(=O)C1=C(CS(=O)(=O)c2ccc(F)c(Cl)c2)NC(=O)N[C@H]1c1cccc(OC)c1. The van der Waals surface area contributed by atoms with Crippen LogP contribution in [0.1, 0.15) is 18.5 Å². The highest BCUT2D eigenvalue weighted by Crippen LogP contribution is 2.31. The van der Waals surface area contributed by atoms with Gasteiger partial charge in [-0.25, -0.2) is 22.4 Å². The molecule has 0 spiro atoms. The number of rotatable bonds is 7. The van der Waals surface area contributed by atoms with E-state index in [1.165, 1.54) is 7.11 Å².